The molecule has 0 bridgehead atoms. The van der Waals surface area contributed by atoms with Crippen molar-refractivity contribution in [3.05, 3.63) is 30.3 Å². The Morgan fingerprint density at radius 1 is 1.61 bits per heavy atom. The van der Waals surface area contributed by atoms with Gasteiger partial charge < -0.3 is 9.84 Å². The summed E-state index contributed by atoms with van der Waals surface area (Å²) < 4.78 is 20.1. The molecule has 0 aromatic heterocycles. The van der Waals surface area contributed by atoms with E-state index >= 15 is 0 Å². The molecule has 1 aliphatic rings. The molecule has 1 saturated carbocycles. The van der Waals surface area contributed by atoms with Gasteiger partial charge in [-0.25, -0.2) is 8.93 Å². The van der Waals surface area contributed by atoms with Crippen molar-refractivity contribution >= 4 is 16.7 Å². The van der Waals surface area contributed by atoms with E-state index in [2.05, 4.69) is 11.3 Å². The summed E-state index contributed by atoms with van der Waals surface area (Å²) in [5, 5.41) is 9.48. The molecular weight excluding hydrogens is 250 g/mol. The monoisotopic (exact) mass is 267 g/mol. The minimum atomic E-state index is -1.26. The highest BCUT2D eigenvalue weighted by Gasteiger charge is 2.22. The van der Waals surface area contributed by atoms with Crippen molar-refractivity contribution in [2.75, 3.05) is 13.7 Å². The van der Waals surface area contributed by atoms with Crippen LogP contribution in [0.15, 0.2) is 29.7 Å². The Morgan fingerprint density at radius 3 is 2.89 bits per heavy atom. The molecule has 1 atom stereocenters. The zero-order chi connectivity index (χ0) is 13.1. The fourth-order valence-corrected chi connectivity index (χ4v) is 2.60. The van der Waals surface area contributed by atoms with Gasteiger partial charge >= 0.3 is 0 Å². The predicted octanol–water partition coefficient (Wildman–Crippen LogP) is 2.25. The molecule has 0 saturated heterocycles. The van der Waals surface area contributed by atoms with Crippen LogP contribution in [0, 0.1) is 5.92 Å². The molecule has 0 spiro atoms. The zero-order valence-electron chi connectivity index (χ0n) is 10.3. The minimum Gasteiger partial charge on any atom is -0.508 e. The quantitative estimate of drug-likeness (QED) is 0.777. The van der Waals surface area contributed by atoms with Crippen molar-refractivity contribution in [1.29, 1.82) is 0 Å². The number of aliphatic hydroxyl groups is 1. The maximum atomic E-state index is 12.0. The zero-order valence-corrected chi connectivity index (χ0v) is 11.1. The molecule has 1 fully saturated rings. The molecule has 1 aliphatic carbocycles. The largest absolute Gasteiger partial charge is 0.508 e. The molecule has 98 valence electrons. The van der Waals surface area contributed by atoms with E-state index in [0.29, 0.717) is 22.1 Å². The molecule has 0 aliphatic heterocycles. The molecule has 0 heterocycles. The Hall–Kier alpha value is -1.33. The van der Waals surface area contributed by atoms with Crippen molar-refractivity contribution in [2.24, 2.45) is 5.92 Å². The Kier molecular flexibility index (Phi) is 4.04. The maximum absolute atomic E-state index is 12.0. The highest BCUT2D eigenvalue weighted by Crippen LogP contribution is 2.28. The summed E-state index contributed by atoms with van der Waals surface area (Å²) in [5.41, 5.74) is 0.469. The molecule has 4 nitrogen and oxygen atoms in total. The van der Waals surface area contributed by atoms with Crippen molar-refractivity contribution in [1.82, 2.24) is 4.72 Å². The van der Waals surface area contributed by atoms with E-state index in [4.69, 9.17) is 4.74 Å². The molecule has 2 N–H and O–H groups in total. The fourth-order valence-electron chi connectivity index (χ4n) is 1.63. The summed E-state index contributed by atoms with van der Waals surface area (Å²) in [6, 6.07) is 5.04. The summed E-state index contributed by atoms with van der Waals surface area (Å²) in [5.74, 6) is 1.10. The summed E-state index contributed by atoms with van der Waals surface area (Å²) in [6.07, 6.45) is 2.43. The van der Waals surface area contributed by atoms with E-state index in [1.165, 1.54) is 20.0 Å². The summed E-state index contributed by atoms with van der Waals surface area (Å²) in [7, 11) is 0.259. The van der Waals surface area contributed by atoms with Gasteiger partial charge in [0.2, 0.25) is 0 Å². The second-order valence-corrected chi connectivity index (χ2v) is 5.67. The third-order valence-corrected chi connectivity index (χ3v) is 4.01. The van der Waals surface area contributed by atoms with Gasteiger partial charge in [0.15, 0.2) is 0 Å². The molecule has 18 heavy (non-hydrogen) atoms. The third-order valence-electron chi connectivity index (χ3n) is 2.90. The van der Waals surface area contributed by atoms with Crippen LogP contribution in [0.1, 0.15) is 18.4 Å². The van der Waals surface area contributed by atoms with Crippen LogP contribution >= 0.6 is 0 Å². The number of hydrogen-bond acceptors (Lipinski definition) is 3. The lowest BCUT2D eigenvalue weighted by molar-refractivity contribution is 0.408. The molecule has 5 heteroatoms. The van der Waals surface area contributed by atoms with Crippen LogP contribution < -0.4 is 9.46 Å². The van der Waals surface area contributed by atoms with Gasteiger partial charge in [-0.2, -0.15) is 0 Å². The average molecular weight is 267 g/mol. The van der Waals surface area contributed by atoms with Gasteiger partial charge in [-0.1, -0.05) is 6.58 Å². The van der Waals surface area contributed by atoms with E-state index < -0.39 is 11.0 Å². The first-order chi connectivity index (χ1) is 8.61. The van der Waals surface area contributed by atoms with Crippen LogP contribution in [0.4, 0.5) is 0 Å². The van der Waals surface area contributed by atoms with Crippen molar-refractivity contribution in [2.45, 2.75) is 17.7 Å². The fraction of sp³-hybridized carbons (Fsp3) is 0.385. The smallest absolute Gasteiger partial charge is 0.129 e. The SMILES string of the molecule is C=C(O)c1cc(S(=O)NCC2CC2)ccc1OC. The molecular formula is C13H17NO3S. The third kappa shape index (κ3) is 3.11. The highest BCUT2D eigenvalue weighted by atomic mass is 32.2. The summed E-state index contributed by atoms with van der Waals surface area (Å²) in [4.78, 5) is 0.613. The van der Waals surface area contributed by atoms with Gasteiger partial charge in [-0.15, -0.1) is 0 Å². The Morgan fingerprint density at radius 2 is 2.33 bits per heavy atom. The first-order valence-corrected chi connectivity index (χ1v) is 6.98. The van der Waals surface area contributed by atoms with E-state index in [9.17, 15) is 9.32 Å². The number of nitrogens with one attached hydrogen (secondary N) is 1. The van der Waals surface area contributed by atoms with Gasteiger partial charge in [0.1, 0.15) is 22.5 Å². The van der Waals surface area contributed by atoms with Crippen LogP contribution in [0.2, 0.25) is 0 Å². The second-order valence-electron chi connectivity index (χ2n) is 4.37. The molecule has 2 rings (SSSR count). The lowest BCUT2D eigenvalue weighted by Crippen LogP contribution is -2.20. The van der Waals surface area contributed by atoms with E-state index in [-0.39, 0.29) is 5.76 Å². The molecule has 0 radical (unpaired) electrons. The summed E-state index contributed by atoms with van der Waals surface area (Å²) in [6.45, 7) is 4.25. The summed E-state index contributed by atoms with van der Waals surface area (Å²) >= 11 is 0. The number of methoxy groups -OCH3 is 1. The van der Waals surface area contributed by atoms with E-state index in [0.717, 1.165) is 6.54 Å². The van der Waals surface area contributed by atoms with Crippen LogP contribution in [0.5, 0.6) is 5.75 Å². The van der Waals surface area contributed by atoms with E-state index in [1.54, 1.807) is 18.2 Å². The Balaban J connectivity index is 2.14. The van der Waals surface area contributed by atoms with Crippen molar-refractivity contribution < 1.29 is 14.1 Å². The van der Waals surface area contributed by atoms with Crippen LogP contribution in [0.25, 0.3) is 5.76 Å². The van der Waals surface area contributed by atoms with Crippen LogP contribution in [-0.2, 0) is 11.0 Å². The molecule has 1 aromatic rings. The second kappa shape index (κ2) is 5.54. The predicted molar refractivity (Wildman–Crippen MR) is 71.8 cm³/mol. The van der Waals surface area contributed by atoms with Crippen LogP contribution in [0.3, 0.4) is 0 Å². The van der Waals surface area contributed by atoms with Gasteiger partial charge in [0, 0.05) is 6.54 Å². The minimum absolute atomic E-state index is 0.0899. The lowest BCUT2D eigenvalue weighted by Gasteiger charge is -2.10. The number of ether oxygens (including phenoxy) is 1. The van der Waals surface area contributed by atoms with Gasteiger partial charge in [-0.3, -0.25) is 0 Å². The number of benzene rings is 1. The van der Waals surface area contributed by atoms with Crippen molar-refractivity contribution in [3.63, 3.8) is 0 Å². The standard InChI is InChI=1S/C13H17NO3S/c1-9(15)12-7-11(5-6-13(12)17-2)18(16)14-8-10-3-4-10/h5-7,10,14-15H,1,3-4,8H2,2H3. The average Bonchev–Trinajstić information content (AvgIpc) is 3.19. The van der Waals surface area contributed by atoms with E-state index in [1.807, 2.05) is 0 Å². The lowest BCUT2D eigenvalue weighted by atomic mass is 10.2. The first kappa shape index (κ1) is 13.1. The van der Waals surface area contributed by atoms with Gasteiger partial charge in [0.25, 0.3) is 0 Å². The number of aliphatic hydroxyl groups excluding tert-OH is 1. The maximum Gasteiger partial charge on any atom is 0.129 e. The Labute approximate surface area is 109 Å². The van der Waals surface area contributed by atoms with Gasteiger partial charge in [-0.05, 0) is 37.0 Å². The number of hydrogen-bond donors (Lipinski definition) is 2. The Bertz CT molecular complexity index is 483. The number of rotatable bonds is 6. The van der Waals surface area contributed by atoms with Crippen LogP contribution in [-0.4, -0.2) is 23.0 Å². The first-order valence-electron chi connectivity index (χ1n) is 5.83. The van der Waals surface area contributed by atoms with Crippen molar-refractivity contribution in [3.8, 4) is 5.75 Å². The normalized spacial score (nSPS) is 16.3. The molecule has 1 unspecified atom stereocenters. The highest BCUT2D eigenvalue weighted by molar-refractivity contribution is 7.83. The van der Waals surface area contributed by atoms with Gasteiger partial charge in [0.05, 0.1) is 17.6 Å². The molecule has 1 aromatic carbocycles. The topological polar surface area (TPSA) is 58.6 Å². The molecule has 0 amide bonds.